The number of rotatable bonds is 3. The number of carboxylic acid groups (broad SMARTS) is 1. The van der Waals surface area contributed by atoms with Crippen molar-refractivity contribution in [3.05, 3.63) is 28.2 Å². The molecule has 3 N–H and O–H groups in total. The van der Waals surface area contributed by atoms with Gasteiger partial charge in [-0.05, 0) is 31.0 Å². The predicted molar refractivity (Wildman–Crippen MR) is 77.5 cm³/mol. The van der Waals surface area contributed by atoms with E-state index in [1.165, 1.54) is 6.07 Å². The molecule has 2 rings (SSSR count). The Balaban J connectivity index is 2.04. The third kappa shape index (κ3) is 3.16. The summed E-state index contributed by atoms with van der Waals surface area (Å²) in [5, 5.41) is 15.1. The zero-order chi connectivity index (χ0) is 14.8. The molecule has 5 nitrogen and oxygen atoms in total. The third-order valence-corrected chi connectivity index (χ3v) is 4.14. The van der Waals surface area contributed by atoms with Crippen LogP contribution in [0.25, 0.3) is 0 Å². The Kier molecular flexibility index (Phi) is 4.40. The zero-order valence-electron chi connectivity index (χ0n) is 10.6. The second-order valence-electron chi connectivity index (χ2n) is 4.80. The average molecular weight is 317 g/mol. The van der Waals surface area contributed by atoms with Crippen molar-refractivity contribution in [1.82, 2.24) is 5.32 Å². The first kappa shape index (κ1) is 14.9. The smallest absolute Gasteiger partial charge is 0.329 e. The van der Waals surface area contributed by atoms with E-state index in [0.717, 1.165) is 12.8 Å². The minimum absolute atomic E-state index is 0.318. The van der Waals surface area contributed by atoms with Gasteiger partial charge in [-0.1, -0.05) is 36.0 Å². The zero-order valence-corrected chi connectivity index (χ0v) is 12.1. The average Bonchev–Trinajstić information content (AvgIpc) is 2.83. The molecule has 1 aromatic rings. The Labute approximate surface area is 126 Å². The number of anilines is 1. The molecular formula is C13H14Cl2N2O3. The van der Waals surface area contributed by atoms with Gasteiger partial charge in [-0.25, -0.2) is 9.59 Å². The third-order valence-electron chi connectivity index (χ3n) is 3.40. The fraction of sp³-hybridized carbons (Fsp3) is 0.385. The molecule has 1 aromatic carbocycles. The molecule has 1 fully saturated rings. The highest BCUT2D eigenvalue weighted by molar-refractivity contribution is 6.42. The van der Waals surface area contributed by atoms with Crippen LogP contribution in [0.1, 0.15) is 25.7 Å². The van der Waals surface area contributed by atoms with Gasteiger partial charge in [0.25, 0.3) is 0 Å². The fourth-order valence-corrected chi connectivity index (χ4v) is 2.62. The molecule has 0 saturated heterocycles. The number of urea groups is 1. The van der Waals surface area contributed by atoms with Gasteiger partial charge in [0.2, 0.25) is 0 Å². The standard InChI is InChI=1S/C13H14Cl2N2O3/c14-9-4-3-8(7-10(9)15)16-12(20)17-13(11(18)19)5-1-2-6-13/h3-4,7H,1-2,5-6H2,(H,18,19)(H2,16,17,20). The topological polar surface area (TPSA) is 78.4 Å². The first-order valence-electron chi connectivity index (χ1n) is 6.20. The van der Waals surface area contributed by atoms with Crippen molar-refractivity contribution in [3.8, 4) is 0 Å². The SMILES string of the molecule is O=C(Nc1ccc(Cl)c(Cl)c1)NC1(C(=O)O)CCCC1. The van der Waals surface area contributed by atoms with E-state index in [4.69, 9.17) is 23.2 Å². The van der Waals surface area contributed by atoms with Gasteiger partial charge in [0.1, 0.15) is 5.54 Å². The van der Waals surface area contributed by atoms with Crippen LogP contribution in [0.2, 0.25) is 10.0 Å². The van der Waals surface area contributed by atoms with E-state index < -0.39 is 17.5 Å². The maximum absolute atomic E-state index is 11.9. The predicted octanol–water partition coefficient (Wildman–Crippen LogP) is 3.51. The molecule has 0 aliphatic heterocycles. The molecule has 0 atom stereocenters. The van der Waals surface area contributed by atoms with Crippen molar-refractivity contribution in [2.45, 2.75) is 31.2 Å². The van der Waals surface area contributed by atoms with Gasteiger partial charge in [0.15, 0.2) is 0 Å². The molecule has 0 spiro atoms. The molecule has 7 heteroatoms. The first-order valence-corrected chi connectivity index (χ1v) is 6.96. The maximum atomic E-state index is 11.9. The number of aliphatic carboxylic acids is 1. The summed E-state index contributed by atoms with van der Waals surface area (Å²) >= 11 is 11.6. The molecule has 0 radical (unpaired) electrons. The summed E-state index contributed by atoms with van der Waals surface area (Å²) in [7, 11) is 0. The van der Waals surface area contributed by atoms with E-state index in [-0.39, 0.29) is 0 Å². The number of carbonyl (C=O) groups excluding carboxylic acids is 1. The van der Waals surface area contributed by atoms with Gasteiger partial charge in [0.05, 0.1) is 10.0 Å². The molecule has 108 valence electrons. The van der Waals surface area contributed by atoms with E-state index in [2.05, 4.69) is 10.6 Å². The van der Waals surface area contributed by atoms with E-state index in [0.29, 0.717) is 28.6 Å². The molecule has 2 amide bonds. The summed E-state index contributed by atoms with van der Waals surface area (Å²) in [6.07, 6.45) is 2.47. The second kappa shape index (κ2) is 5.89. The first-order chi connectivity index (χ1) is 9.43. The van der Waals surface area contributed by atoms with Crippen LogP contribution in [0.3, 0.4) is 0 Å². The Hall–Kier alpha value is -1.46. The largest absolute Gasteiger partial charge is 0.480 e. The van der Waals surface area contributed by atoms with Gasteiger partial charge in [0, 0.05) is 5.69 Å². The number of benzene rings is 1. The summed E-state index contributed by atoms with van der Waals surface area (Å²) in [6, 6.07) is 4.09. The van der Waals surface area contributed by atoms with Gasteiger partial charge < -0.3 is 15.7 Å². The summed E-state index contributed by atoms with van der Waals surface area (Å²) < 4.78 is 0. The summed E-state index contributed by atoms with van der Waals surface area (Å²) in [4.78, 5) is 23.2. The second-order valence-corrected chi connectivity index (χ2v) is 5.62. The molecular weight excluding hydrogens is 303 g/mol. The van der Waals surface area contributed by atoms with Crippen molar-refractivity contribution < 1.29 is 14.7 Å². The minimum atomic E-state index is -1.17. The van der Waals surface area contributed by atoms with E-state index >= 15 is 0 Å². The van der Waals surface area contributed by atoms with Crippen molar-refractivity contribution in [1.29, 1.82) is 0 Å². The Bertz CT molecular complexity index is 542. The number of amides is 2. The number of carboxylic acids is 1. The highest BCUT2D eigenvalue weighted by atomic mass is 35.5. The van der Waals surface area contributed by atoms with Crippen LogP contribution in [0.4, 0.5) is 10.5 Å². The number of nitrogens with one attached hydrogen (secondary N) is 2. The number of hydrogen-bond acceptors (Lipinski definition) is 2. The maximum Gasteiger partial charge on any atom is 0.329 e. The quantitative estimate of drug-likeness (QED) is 0.798. The summed E-state index contributed by atoms with van der Waals surface area (Å²) in [5.74, 6) is -1.00. The molecule has 1 aliphatic carbocycles. The lowest BCUT2D eigenvalue weighted by molar-refractivity contribution is -0.144. The van der Waals surface area contributed by atoms with Gasteiger partial charge in [-0.3, -0.25) is 0 Å². The molecule has 0 bridgehead atoms. The molecule has 1 aliphatic rings. The van der Waals surface area contributed by atoms with Gasteiger partial charge in [-0.15, -0.1) is 0 Å². The Morgan fingerprint density at radius 2 is 1.80 bits per heavy atom. The van der Waals surface area contributed by atoms with Gasteiger partial charge in [-0.2, -0.15) is 0 Å². The molecule has 1 saturated carbocycles. The van der Waals surface area contributed by atoms with E-state index in [9.17, 15) is 14.7 Å². The van der Waals surface area contributed by atoms with Crippen LogP contribution in [0, 0.1) is 0 Å². The molecule has 20 heavy (non-hydrogen) atoms. The van der Waals surface area contributed by atoms with Crippen LogP contribution in [0.5, 0.6) is 0 Å². The van der Waals surface area contributed by atoms with Crippen molar-refractivity contribution in [2.24, 2.45) is 0 Å². The Morgan fingerprint density at radius 3 is 2.35 bits per heavy atom. The van der Waals surface area contributed by atoms with Crippen molar-refractivity contribution >= 4 is 40.9 Å². The molecule has 0 heterocycles. The minimum Gasteiger partial charge on any atom is -0.480 e. The molecule has 0 aromatic heterocycles. The summed E-state index contributed by atoms with van der Waals surface area (Å²) in [5.41, 5.74) is -0.712. The number of hydrogen-bond donors (Lipinski definition) is 3. The van der Waals surface area contributed by atoms with Crippen molar-refractivity contribution in [2.75, 3.05) is 5.32 Å². The van der Waals surface area contributed by atoms with Crippen molar-refractivity contribution in [3.63, 3.8) is 0 Å². The Morgan fingerprint density at radius 1 is 1.15 bits per heavy atom. The highest BCUT2D eigenvalue weighted by Crippen LogP contribution is 2.30. The van der Waals surface area contributed by atoms with Crippen LogP contribution < -0.4 is 10.6 Å². The summed E-state index contributed by atoms with van der Waals surface area (Å²) in [6.45, 7) is 0. The van der Waals surface area contributed by atoms with Crippen LogP contribution in [-0.2, 0) is 4.79 Å². The normalized spacial score (nSPS) is 16.7. The van der Waals surface area contributed by atoms with Crippen LogP contribution in [-0.4, -0.2) is 22.6 Å². The molecule has 0 unspecified atom stereocenters. The van der Waals surface area contributed by atoms with E-state index in [1.54, 1.807) is 12.1 Å². The monoisotopic (exact) mass is 316 g/mol. The van der Waals surface area contributed by atoms with Crippen LogP contribution >= 0.6 is 23.2 Å². The van der Waals surface area contributed by atoms with E-state index in [1.807, 2.05) is 0 Å². The number of halogens is 2. The lowest BCUT2D eigenvalue weighted by Gasteiger charge is -2.25. The highest BCUT2D eigenvalue weighted by Gasteiger charge is 2.42. The van der Waals surface area contributed by atoms with Crippen LogP contribution in [0.15, 0.2) is 18.2 Å². The lowest BCUT2D eigenvalue weighted by atomic mass is 9.98. The van der Waals surface area contributed by atoms with Gasteiger partial charge >= 0.3 is 12.0 Å². The fourth-order valence-electron chi connectivity index (χ4n) is 2.32. The number of carbonyl (C=O) groups is 2. The lowest BCUT2D eigenvalue weighted by Crippen LogP contribution is -2.53.